The molecule has 1 aromatic carbocycles. The lowest BCUT2D eigenvalue weighted by molar-refractivity contribution is 0.190. The van der Waals surface area contributed by atoms with Gasteiger partial charge in [0, 0.05) is 24.5 Å². The summed E-state index contributed by atoms with van der Waals surface area (Å²) in [5.74, 6) is 2.19. The number of hydrogen-bond donors (Lipinski definition) is 1. The number of halogens is 1. The zero-order chi connectivity index (χ0) is 15.5. The molecule has 0 aliphatic carbocycles. The average molecular weight is 355 g/mol. The fourth-order valence-corrected chi connectivity index (χ4v) is 3.50. The van der Waals surface area contributed by atoms with Gasteiger partial charge in [0.15, 0.2) is 5.82 Å². The SMILES string of the molecule is Cc1ccc(SCc2nc(C3CNCCN3C)no2)c(C)c1.Cl. The Bertz CT molecular complexity index is 649. The van der Waals surface area contributed by atoms with Crippen molar-refractivity contribution >= 4 is 24.2 Å². The lowest BCUT2D eigenvalue weighted by Crippen LogP contribution is -2.44. The molecule has 23 heavy (non-hydrogen) atoms. The van der Waals surface area contributed by atoms with Crippen molar-refractivity contribution in [2.75, 3.05) is 26.7 Å². The van der Waals surface area contributed by atoms with Gasteiger partial charge in [-0.05, 0) is 32.5 Å². The van der Waals surface area contributed by atoms with Gasteiger partial charge in [-0.25, -0.2) is 0 Å². The molecule has 2 aromatic rings. The smallest absolute Gasteiger partial charge is 0.237 e. The van der Waals surface area contributed by atoms with E-state index in [-0.39, 0.29) is 18.4 Å². The molecule has 0 saturated carbocycles. The van der Waals surface area contributed by atoms with Crippen molar-refractivity contribution in [1.82, 2.24) is 20.4 Å². The first-order valence-corrected chi connectivity index (χ1v) is 8.55. The third-order valence-electron chi connectivity index (χ3n) is 3.97. The highest BCUT2D eigenvalue weighted by Gasteiger charge is 2.25. The van der Waals surface area contributed by atoms with Crippen LogP contribution in [-0.4, -0.2) is 41.7 Å². The molecule has 126 valence electrons. The van der Waals surface area contributed by atoms with Crippen molar-refractivity contribution in [2.24, 2.45) is 0 Å². The van der Waals surface area contributed by atoms with Crippen LogP contribution in [0.15, 0.2) is 27.6 Å². The van der Waals surface area contributed by atoms with Gasteiger partial charge in [0.1, 0.15) is 0 Å². The van der Waals surface area contributed by atoms with E-state index in [1.165, 1.54) is 16.0 Å². The van der Waals surface area contributed by atoms with Crippen LogP contribution in [0.1, 0.15) is 28.9 Å². The van der Waals surface area contributed by atoms with E-state index in [9.17, 15) is 0 Å². The lowest BCUT2D eigenvalue weighted by atomic mass is 10.2. The van der Waals surface area contributed by atoms with Crippen molar-refractivity contribution in [3.05, 3.63) is 41.0 Å². The van der Waals surface area contributed by atoms with Crippen LogP contribution in [0.4, 0.5) is 0 Å². The first-order chi connectivity index (χ1) is 10.6. The van der Waals surface area contributed by atoms with Gasteiger partial charge in [0.2, 0.25) is 5.89 Å². The van der Waals surface area contributed by atoms with Crippen LogP contribution in [0, 0.1) is 13.8 Å². The molecule has 1 aliphatic heterocycles. The van der Waals surface area contributed by atoms with Crippen LogP contribution in [0.25, 0.3) is 0 Å². The Morgan fingerprint density at radius 3 is 2.96 bits per heavy atom. The van der Waals surface area contributed by atoms with Crippen molar-refractivity contribution in [1.29, 1.82) is 0 Å². The highest BCUT2D eigenvalue weighted by molar-refractivity contribution is 7.98. The Hall–Kier alpha value is -1.08. The molecule has 2 heterocycles. The zero-order valence-electron chi connectivity index (χ0n) is 13.7. The van der Waals surface area contributed by atoms with Gasteiger partial charge >= 0.3 is 0 Å². The van der Waals surface area contributed by atoms with E-state index in [0.717, 1.165) is 25.5 Å². The monoisotopic (exact) mass is 354 g/mol. The Morgan fingerprint density at radius 1 is 1.39 bits per heavy atom. The quantitative estimate of drug-likeness (QED) is 0.852. The van der Waals surface area contributed by atoms with Gasteiger partial charge in [-0.2, -0.15) is 4.98 Å². The van der Waals surface area contributed by atoms with Crippen molar-refractivity contribution in [3.63, 3.8) is 0 Å². The van der Waals surface area contributed by atoms with E-state index in [1.54, 1.807) is 11.8 Å². The van der Waals surface area contributed by atoms with E-state index < -0.39 is 0 Å². The summed E-state index contributed by atoms with van der Waals surface area (Å²) < 4.78 is 5.42. The number of aryl methyl sites for hydroxylation is 2. The standard InChI is InChI=1S/C16H22N4OS.ClH/c1-11-4-5-14(12(2)8-11)22-10-15-18-16(19-21-15)13-9-17-6-7-20(13)3;/h4-5,8,13,17H,6-7,9-10H2,1-3H3;1H. The van der Waals surface area contributed by atoms with E-state index in [4.69, 9.17) is 4.52 Å². The van der Waals surface area contributed by atoms with Gasteiger partial charge in [-0.15, -0.1) is 24.2 Å². The van der Waals surface area contributed by atoms with E-state index in [0.29, 0.717) is 11.6 Å². The molecular formula is C16H23ClN4OS. The molecule has 1 aromatic heterocycles. The number of rotatable bonds is 4. The molecule has 1 aliphatic rings. The summed E-state index contributed by atoms with van der Waals surface area (Å²) in [6.45, 7) is 7.14. The third kappa shape index (κ3) is 4.47. The number of aromatic nitrogens is 2. The van der Waals surface area contributed by atoms with Crippen molar-refractivity contribution in [3.8, 4) is 0 Å². The maximum absolute atomic E-state index is 5.42. The molecule has 7 heteroatoms. The van der Waals surface area contributed by atoms with Crippen LogP contribution in [-0.2, 0) is 5.75 Å². The van der Waals surface area contributed by atoms with E-state index >= 15 is 0 Å². The molecule has 0 radical (unpaired) electrons. The van der Waals surface area contributed by atoms with E-state index in [2.05, 4.69) is 59.5 Å². The van der Waals surface area contributed by atoms with Crippen molar-refractivity contribution in [2.45, 2.75) is 30.5 Å². The molecule has 1 unspecified atom stereocenters. The minimum absolute atomic E-state index is 0. The number of likely N-dealkylation sites (N-methyl/N-ethyl adjacent to an activating group) is 1. The minimum atomic E-state index is 0. The Balaban J connectivity index is 0.00000192. The molecule has 3 rings (SSSR count). The van der Waals surface area contributed by atoms with Crippen LogP contribution in [0.3, 0.4) is 0 Å². The second-order valence-electron chi connectivity index (χ2n) is 5.80. The first-order valence-electron chi connectivity index (χ1n) is 7.57. The first kappa shape index (κ1) is 18.3. The molecular weight excluding hydrogens is 332 g/mol. The number of thioether (sulfide) groups is 1. The summed E-state index contributed by atoms with van der Waals surface area (Å²) >= 11 is 1.74. The molecule has 0 bridgehead atoms. The fraction of sp³-hybridized carbons (Fsp3) is 0.500. The summed E-state index contributed by atoms with van der Waals surface area (Å²) in [6.07, 6.45) is 0. The Kier molecular flexibility index (Phi) is 6.47. The number of nitrogens with zero attached hydrogens (tertiary/aromatic N) is 3. The van der Waals surface area contributed by atoms with Crippen LogP contribution < -0.4 is 5.32 Å². The molecule has 5 nitrogen and oxygen atoms in total. The predicted octanol–water partition coefficient (Wildman–Crippen LogP) is 2.98. The summed E-state index contributed by atoms with van der Waals surface area (Å²) in [4.78, 5) is 8.10. The molecule has 1 saturated heterocycles. The van der Waals surface area contributed by atoms with Gasteiger partial charge in [0.25, 0.3) is 0 Å². The number of benzene rings is 1. The highest BCUT2D eigenvalue weighted by atomic mass is 35.5. The third-order valence-corrected chi connectivity index (χ3v) is 5.13. The fourth-order valence-electron chi connectivity index (χ4n) is 2.66. The number of piperazine rings is 1. The maximum atomic E-state index is 5.42. The zero-order valence-corrected chi connectivity index (χ0v) is 15.3. The van der Waals surface area contributed by atoms with Gasteiger partial charge in [-0.1, -0.05) is 22.9 Å². The predicted molar refractivity (Wildman–Crippen MR) is 95.3 cm³/mol. The van der Waals surface area contributed by atoms with Crippen LogP contribution in [0.2, 0.25) is 0 Å². The van der Waals surface area contributed by atoms with Gasteiger partial charge in [0.05, 0.1) is 11.8 Å². The number of hydrogen-bond acceptors (Lipinski definition) is 6. The summed E-state index contributed by atoms with van der Waals surface area (Å²) in [6, 6.07) is 6.70. The minimum Gasteiger partial charge on any atom is -0.338 e. The van der Waals surface area contributed by atoms with Crippen LogP contribution >= 0.6 is 24.2 Å². The molecule has 1 fully saturated rings. The topological polar surface area (TPSA) is 54.2 Å². The van der Waals surface area contributed by atoms with Gasteiger partial charge < -0.3 is 9.84 Å². The van der Waals surface area contributed by atoms with E-state index in [1.807, 2.05) is 0 Å². The summed E-state index contributed by atoms with van der Waals surface area (Å²) in [5, 5.41) is 7.53. The largest absolute Gasteiger partial charge is 0.338 e. The summed E-state index contributed by atoms with van der Waals surface area (Å²) in [5.41, 5.74) is 2.58. The summed E-state index contributed by atoms with van der Waals surface area (Å²) in [7, 11) is 2.10. The molecule has 0 spiro atoms. The number of nitrogens with one attached hydrogen (secondary N) is 1. The lowest BCUT2D eigenvalue weighted by Gasteiger charge is -2.30. The average Bonchev–Trinajstić information content (AvgIpc) is 2.95. The van der Waals surface area contributed by atoms with Crippen molar-refractivity contribution < 1.29 is 4.52 Å². The normalized spacial score (nSPS) is 18.7. The molecule has 0 amide bonds. The Morgan fingerprint density at radius 2 is 2.22 bits per heavy atom. The van der Waals surface area contributed by atoms with Crippen LogP contribution in [0.5, 0.6) is 0 Å². The molecule has 1 N–H and O–H groups in total. The molecule has 1 atom stereocenters. The second kappa shape index (κ2) is 8.15. The maximum Gasteiger partial charge on any atom is 0.237 e. The van der Waals surface area contributed by atoms with Gasteiger partial charge in [-0.3, -0.25) is 4.90 Å². The highest BCUT2D eigenvalue weighted by Crippen LogP contribution is 2.27. The Labute approximate surface area is 147 Å². The second-order valence-corrected chi connectivity index (χ2v) is 6.82.